The molecule has 94 valence electrons. The van der Waals surface area contributed by atoms with Gasteiger partial charge in [-0.1, -0.05) is 18.2 Å². The zero-order chi connectivity index (χ0) is 13.3. The van der Waals surface area contributed by atoms with Crippen molar-refractivity contribution >= 4 is 27.2 Å². The van der Waals surface area contributed by atoms with E-state index in [-0.39, 0.29) is 5.58 Å². The summed E-state index contributed by atoms with van der Waals surface area (Å²) in [6.07, 6.45) is 0. The molecule has 2 aromatic rings. The van der Waals surface area contributed by atoms with E-state index in [0.717, 1.165) is 0 Å². The summed E-state index contributed by atoms with van der Waals surface area (Å²) in [6.45, 7) is 0. The first-order chi connectivity index (χ1) is 8.37. The topological polar surface area (TPSA) is 114 Å². The molecule has 0 saturated heterocycles. The van der Waals surface area contributed by atoms with E-state index in [1.807, 2.05) is 0 Å². The molecule has 18 heavy (non-hydrogen) atoms. The molecule has 0 aliphatic rings. The van der Waals surface area contributed by atoms with Crippen LogP contribution in [0.5, 0.6) is 0 Å². The maximum atomic E-state index is 11.5. The summed E-state index contributed by atoms with van der Waals surface area (Å²) < 4.78 is 35.5. The Morgan fingerprint density at radius 1 is 1.28 bits per heavy atom. The standard InChI is InChI=1S/C10H7NO6S/c12-9(11-18(14,15)16)7-5-6-3-1-2-4-8(6)17-10(7)13/h1-5H,(H,11,12)(H,14,15,16). The quantitative estimate of drug-likeness (QED) is 0.599. The lowest BCUT2D eigenvalue weighted by Gasteiger charge is -2.01. The van der Waals surface area contributed by atoms with E-state index in [1.165, 1.54) is 16.9 Å². The Hall–Kier alpha value is -2.19. The molecule has 7 nitrogen and oxygen atoms in total. The molecule has 0 aliphatic carbocycles. The summed E-state index contributed by atoms with van der Waals surface area (Å²) in [4.78, 5) is 22.9. The first kappa shape index (κ1) is 12.3. The van der Waals surface area contributed by atoms with Gasteiger partial charge in [-0.15, -0.1) is 0 Å². The second-order valence-electron chi connectivity index (χ2n) is 3.39. The Morgan fingerprint density at radius 3 is 2.61 bits per heavy atom. The summed E-state index contributed by atoms with van der Waals surface area (Å²) in [6, 6.07) is 7.60. The van der Waals surface area contributed by atoms with E-state index in [4.69, 9.17) is 8.97 Å². The Balaban J connectivity index is 2.55. The van der Waals surface area contributed by atoms with Crippen LogP contribution in [0.2, 0.25) is 0 Å². The molecule has 0 unspecified atom stereocenters. The van der Waals surface area contributed by atoms with Crippen LogP contribution < -0.4 is 10.3 Å². The molecule has 0 spiro atoms. The zero-order valence-corrected chi connectivity index (χ0v) is 9.60. The lowest BCUT2D eigenvalue weighted by Crippen LogP contribution is -2.32. The van der Waals surface area contributed by atoms with E-state index >= 15 is 0 Å². The van der Waals surface area contributed by atoms with E-state index in [0.29, 0.717) is 5.39 Å². The fourth-order valence-electron chi connectivity index (χ4n) is 1.39. The summed E-state index contributed by atoms with van der Waals surface area (Å²) in [5, 5.41) is 0.456. The van der Waals surface area contributed by atoms with Gasteiger partial charge < -0.3 is 4.42 Å². The monoisotopic (exact) mass is 269 g/mol. The third kappa shape index (κ3) is 2.55. The third-order valence-corrected chi connectivity index (χ3v) is 2.55. The van der Waals surface area contributed by atoms with Crippen molar-refractivity contribution in [2.45, 2.75) is 0 Å². The predicted molar refractivity (Wildman–Crippen MR) is 61.5 cm³/mol. The molecule has 8 heteroatoms. The van der Waals surface area contributed by atoms with Gasteiger partial charge in [-0.05, 0) is 12.1 Å². The number of rotatable bonds is 2. The van der Waals surface area contributed by atoms with E-state index in [9.17, 15) is 18.0 Å². The van der Waals surface area contributed by atoms with Crippen LogP contribution in [0.3, 0.4) is 0 Å². The molecule has 1 aromatic carbocycles. The van der Waals surface area contributed by atoms with Gasteiger partial charge in [0, 0.05) is 5.39 Å². The van der Waals surface area contributed by atoms with Crippen LogP contribution >= 0.6 is 0 Å². The Bertz CT molecular complexity index is 776. The molecule has 0 atom stereocenters. The number of carbonyl (C=O) groups excluding carboxylic acids is 1. The first-order valence-corrected chi connectivity index (χ1v) is 6.13. The van der Waals surface area contributed by atoms with E-state index < -0.39 is 27.4 Å². The highest BCUT2D eigenvalue weighted by Gasteiger charge is 2.17. The first-order valence-electron chi connectivity index (χ1n) is 4.69. The molecule has 1 aromatic heterocycles. The largest absolute Gasteiger partial charge is 0.422 e. The van der Waals surface area contributed by atoms with Gasteiger partial charge in [-0.3, -0.25) is 9.35 Å². The van der Waals surface area contributed by atoms with E-state index in [1.54, 1.807) is 18.2 Å². The van der Waals surface area contributed by atoms with Crippen LogP contribution in [0, 0.1) is 0 Å². The zero-order valence-electron chi connectivity index (χ0n) is 8.78. The maximum Gasteiger partial charge on any atom is 0.359 e. The minimum atomic E-state index is -4.72. The van der Waals surface area contributed by atoms with Crippen molar-refractivity contribution in [3.05, 3.63) is 46.3 Å². The summed E-state index contributed by atoms with van der Waals surface area (Å²) in [5.41, 5.74) is -1.23. The molecule has 1 amide bonds. The van der Waals surface area contributed by atoms with Crippen LogP contribution in [0.1, 0.15) is 10.4 Å². The third-order valence-electron chi connectivity index (χ3n) is 2.11. The van der Waals surface area contributed by atoms with Crippen LogP contribution in [-0.2, 0) is 10.3 Å². The average Bonchev–Trinajstić information content (AvgIpc) is 2.25. The number of carbonyl (C=O) groups is 1. The van der Waals surface area contributed by atoms with Crippen molar-refractivity contribution in [1.29, 1.82) is 0 Å². The van der Waals surface area contributed by atoms with Gasteiger partial charge in [0.15, 0.2) is 0 Å². The number of benzene rings is 1. The van der Waals surface area contributed by atoms with Gasteiger partial charge in [0.2, 0.25) is 0 Å². The van der Waals surface area contributed by atoms with Crippen LogP contribution in [0.15, 0.2) is 39.5 Å². The highest BCUT2D eigenvalue weighted by atomic mass is 32.2. The highest BCUT2D eigenvalue weighted by molar-refractivity contribution is 7.84. The second-order valence-corrected chi connectivity index (χ2v) is 4.55. The smallest absolute Gasteiger partial charge is 0.359 e. The lowest BCUT2D eigenvalue weighted by molar-refractivity contribution is 0.0975. The van der Waals surface area contributed by atoms with Gasteiger partial charge in [-0.25, -0.2) is 9.52 Å². The van der Waals surface area contributed by atoms with Crippen molar-refractivity contribution in [3.63, 3.8) is 0 Å². The molecule has 2 N–H and O–H groups in total. The summed E-state index contributed by atoms with van der Waals surface area (Å²) in [7, 11) is -4.72. The maximum absolute atomic E-state index is 11.5. The number of nitrogens with one attached hydrogen (secondary N) is 1. The van der Waals surface area contributed by atoms with Crippen molar-refractivity contribution in [3.8, 4) is 0 Å². The van der Waals surface area contributed by atoms with Crippen molar-refractivity contribution in [2.24, 2.45) is 0 Å². The predicted octanol–water partition coefficient (Wildman–Crippen LogP) is 0.326. The Labute approximate surface area is 101 Å². The van der Waals surface area contributed by atoms with Crippen molar-refractivity contribution in [1.82, 2.24) is 4.72 Å². The molecule has 0 fully saturated rings. The fourth-order valence-corrected chi connectivity index (χ4v) is 1.74. The van der Waals surface area contributed by atoms with Crippen LogP contribution in [-0.4, -0.2) is 18.9 Å². The molecule has 1 heterocycles. The van der Waals surface area contributed by atoms with Gasteiger partial charge in [-0.2, -0.15) is 8.42 Å². The summed E-state index contributed by atoms with van der Waals surface area (Å²) >= 11 is 0. The number of hydrogen-bond acceptors (Lipinski definition) is 5. The van der Waals surface area contributed by atoms with E-state index in [2.05, 4.69) is 0 Å². The van der Waals surface area contributed by atoms with Crippen LogP contribution in [0.4, 0.5) is 0 Å². The molecule has 0 bridgehead atoms. The molecule has 0 radical (unpaired) electrons. The Kier molecular flexibility index (Phi) is 2.89. The summed E-state index contributed by atoms with van der Waals surface area (Å²) in [5.74, 6) is -1.25. The number of para-hydroxylation sites is 1. The fraction of sp³-hybridized carbons (Fsp3) is 0. The van der Waals surface area contributed by atoms with Crippen molar-refractivity contribution in [2.75, 3.05) is 0 Å². The molecule has 0 aliphatic heterocycles. The van der Waals surface area contributed by atoms with Gasteiger partial charge >= 0.3 is 15.9 Å². The SMILES string of the molecule is O=C(NS(=O)(=O)O)c1cc2ccccc2oc1=O. The molecule has 2 rings (SSSR count). The number of hydrogen-bond donors (Lipinski definition) is 2. The van der Waals surface area contributed by atoms with Crippen molar-refractivity contribution < 1.29 is 22.2 Å². The van der Waals surface area contributed by atoms with Crippen LogP contribution in [0.25, 0.3) is 11.0 Å². The van der Waals surface area contributed by atoms with Gasteiger partial charge in [0.05, 0.1) is 0 Å². The molecular weight excluding hydrogens is 262 g/mol. The minimum absolute atomic E-state index is 0.269. The number of amides is 1. The minimum Gasteiger partial charge on any atom is -0.422 e. The van der Waals surface area contributed by atoms with Gasteiger partial charge in [0.25, 0.3) is 5.91 Å². The lowest BCUT2D eigenvalue weighted by atomic mass is 10.2. The van der Waals surface area contributed by atoms with Gasteiger partial charge in [0.1, 0.15) is 11.1 Å². The highest BCUT2D eigenvalue weighted by Crippen LogP contribution is 2.12. The Morgan fingerprint density at radius 2 is 1.94 bits per heavy atom. The normalized spacial score (nSPS) is 11.4. The molecular formula is C10H7NO6S. The molecule has 0 saturated carbocycles. The second kappa shape index (κ2) is 4.24. The average molecular weight is 269 g/mol. The number of fused-ring (bicyclic) bond motifs is 1.